The normalized spacial score (nSPS) is 29.2. The van der Waals surface area contributed by atoms with Crippen molar-refractivity contribution in [1.29, 1.82) is 0 Å². The highest BCUT2D eigenvalue weighted by Crippen LogP contribution is 2.10. The molecule has 0 amide bonds. The summed E-state index contributed by atoms with van der Waals surface area (Å²) in [5.41, 5.74) is 0. The van der Waals surface area contributed by atoms with Gasteiger partial charge in [-0.25, -0.2) is 0 Å². The van der Waals surface area contributed by atoms with E-state index in [1.54, 1.807) is 0 Å². The zero-order valence-corrected chi connectivity index (χ0v) is 8.88. The Morgan fingerprint density at radius 2 is 1.83 bits per heavy atom. The van der Waals surface area contributed by atoms with Crippen LogP contribution in [0.15, 0.2) is 0 Å². The van der Waals surface area contributed by atoms with Crippen LogP contribution in [-0.2, 0) is 0 Å². The summed E-state index contributed by atoms with van der Waals surface area (Å²) in [4.78, 5) is 5.03. The Bertz CT molecular complexity index is 122. The molecule has 2 heteroatoms. The standard InChI is InChI=1S/C10H22N2/c1-9(2)12-6-5-10(3)11(4)7-8-12/h9-10H,5-8H2,1-4H3/t10-/m0/s1. The van der Waals surface area contributed by atoms with Gasteiger partial charge in [-0.2, -0.15) is 0 Å². The van der Waals surface area contributed by atoms with Crippen LogP contribution < -0.4 is 0 Å². The fourth-order valence-corrected chi connectivity index (χ4v) is 1.71. The molecule has 1 rings (SSSR count). The Kier molecular flexibility index (Phi) is 3.53. The second-order valence-electron chi connectivity index (χ2n) is 4.25. The summed E-state index contributed by atoms with van der Waals surface area (Å²) in [5, 5.41) is 0. The lowest BCUT2D eigenvalue weighted by molar-refractivity contribution is 0.226. The predicted molar refractivity (Wildman–Crippen MR) is 53.4 cm³/mol. The first-order valence-electron chi connectivity index (χ1n) is 5.05. The maximum absolute atomic E-state index is 2.57. The molecular weight excluding hydrogens is 148 g/mol. The first-order chi connectivity index (χ1) is 5.61. The average molecular weight is 170 g/mol. The van der Waals surface area contributed by atoms with Crippen molar-refractivity contribution < 1.29 is 0 Å². The predicted octanol–water partition coefficient (Wildman–Crippen LogP) is 1.42. The monoisotopic (exact) mass is 170 g/mol. The highest BCUT2D eigenvalue weighted by molar-refractivity contribution is 4.74. The Hall–Kier alpha value is -0.0800. The summed E-state index contributed by atoms with van der Waals surface area (Å²) in [6.07, 6.45) is 1.31. The van der Waals surface area contributed by atoms with Gasteiger partial charge in [0.05, 0.1) is 0 Å². The molecule has 0 radical (unpaired) electrons. The van der Waals surface area contributed by atoms with E-state index in [4.69, 9.17) is 0 Å². The van der Waals surface area contributed by atoms with Crippen LogP contribution in [0.1, 0.15) is 27.2 Å². The zero-order chi connectivity index (χ0) is 9.14. The first-order valence-corrected chi connectivity index (χ1v) is 5.05. The third kappa shape index (κ3) is 2.46. The van der Waals surface area contributed by atoms with Crippen LogP contribution in [0.4, 0.5) is 0 Å². The molecule has 12 heavy (non-hydrogen) atoms. The van der Waals surface area contributed by atoms with Crippen LogP contribution in [-0.4, -0.2) is 48.6 Å². The Morgan fingerprint density at radius 3 is 2.42 bits per heavy atom. The number of likely N-dealkylation sites (N-methyl/N-ethyl adjacent to an activating group) is 1. The maximum Gasteiger partial charge on any atom is 0.0112 e. The lowest BCUT2D eigenvalue weighted by Crippen LogP contribution is -2.34. The van der Waals surface area contributed by atoms with Gasteiger partial charge in [0.25, 0.3) is 0 Å². The molecule has 1 saturated heterocycles. The zero-order valence-electron chi connectivity index (χ0n) is 8.88. The van der Waals surface area contributed by atoms with E-state index in [-0.39, 0.29) is 0 Å². The molecule has 0 N–H and O–H groups in total. The summed E-state index contributed by atoms with van der Waals surface area (Å²) in [5.74, 6) is 0. The van der Waals surface area contributed by atoms with Crippen molar-refractivity contribution in [1.82, 2.24) is 9.80 Å². The Labute approximate surface area is 76.5 Å². The van der Waals surface area contributed by atoms with Crippen molar-refractivity contribution >= 4 is 0 Å². The summed E-state index contributed by atoms with van der Waals surface area (Å²) in [7, 11) is 2.23. The van der Waals surface area contributed by atoms with Crippen LogP contribution in [0, 0.1) is 0 Å². The van der Waals surface area contributed by atoms with E-state index in [2.05, 4.69) is 37.6 Å². The van der Waals surface area contributed by atoms with E-state index in [0.717, 1.165) is 6.04 Å². The fourth-order valence-electron chi connectivity index (χ4n) is 1.71. The third-order valence-corrected chi connectivity index (χ3v) is 3.06. The van der Waals surface area contributed by atoms with Gasteiger partial charge < -0.3 is 4.90 Å². The van der Waals surface area contributed by atoms with Crippen molar-refractivity contribution in [3.8, 4) is 0 Å². The van der Waals surface area contributed by atoms with Gasteiger partial charge in [0, 0.05) is 25.2 Å². The highest BCUT2D eigenvalue weighted by atomic mass is 15.2. The van der Waals surface area contributed by atoms with E-state index in [0.29, 0.717) is 6.04 Å². The molecule has 0 aliphatic carbocycles. The quantitative estimate of drug-likeness (QED) is 0.587. The molecule has 0 unspecified atom stereocenters. The van der Waals surface area contributed by atoms with Gasteiger partial charge in [-0.3, -0.25) is 4.90 Å². The molecule has 1 aliphatic heterocycles. The Balaban J connectivity index is 2.44. The van der Waals surface area contributed by atoms with Gasteiger partial charge in [-0.15, -0.1) is 0 Å². The molecule has 2 nitrogen and oxygen atoms in total. The summed E-state index contributed by atoms with van der Waals surface area (Å²) >= 11 is 0. The second-order valence-corrected chi connectivity index (χ2v) is 4.25. The molecule has 0 aromatic heterocycles. The van der Waals surface area contributed by atoms with E-state index in [9.17, 15) is 0 Å². The van der Waals surface area contributed by atoms with Crippen molar-refractivity contribution in [2.45, 2.75) is 39.3 Å². The van der Waals surface area contributed by atoms with Crippen LogP contribution >= 0.6 is 0 Å². The molecule has 0 bridgehead atoms. The van der Waals surface area contributed by atoms with Gasteiger partial charge in [-0.05, 0) is 40.8 Å². The minimum atomic E-state index is 0.712. The minimum Gasteiger partial charge on any atom is -0.302 e. The molecule has 0 spiro atoms. The SMILES string of the molecule is CC(C)N1CC[C@H](C)N(C)CC1. The van der Waals surface area contributed by atoms with E-state index >= 15 is 0 Å². The molecule has 1 fully saturated rings. The van der Waals surface area contributed by atoms with Gasteiger partial charge in [0.1, 0.15) is 0 Å². The molecule has 72 valence electrons. The smallest absolute Gasteiger partial charge is 0.0112 e. The van der Waals surface area contributed by atoms with E-state index in [1.807, 2.05) is 0 Å². The highest BCUT2D eigenvalue weighted by Gasteiger charge is 2.18. The lowest BCUT2D eigenvalue weighted by atomic mass is 10.2. The van der Waals surface area contributed by atoms with Crippen molar-refractivity contribution in [3.05, 3.63) is 0 Å². The first kappa shape index (κ1) is 10.0. The van der Waals surface area contributed by atoms with Gasteiger partial charge in [0.15, 0.2) is 0 Å². The number of rotatable bonds is 1. The van der Waals surface area contributed by atoms with Crippen molar-refractivity contribution in [2.75, 3.05) is 26.7 Å². The molecular formula is C10H22N2. The largest absolute Gasteiger partial charge is 0.302 e. The maximum atomic E-state index is 2.57. The summed E-state index contributed by atoms with van der Waals surface area (Å²) in [6.45, 7) is 10.6. The molecule has 0 aromatic carbocycles. The van der Waals surface area contributed by atoms with Gasteiger partial charge in [0.2, 0.25) is 0 Å². The topological polar surface area (TPSA) is 6.48 Å². The molecule has 1 heterocycles. The summed E-state index contributed by atoms with van der Waals surface area (Å²) < 4.78 is 0. The molecule has 0 aromatic rings. The summed E-state index contributed by atoms with van der Waals surface area (Å²) in [6, 6.07) is 1.47. The van der Waals surface area contributed by atoms with Crippen LogP contribution in [0.5, 0.6) is 0 Å². The second kappa shape index (κ2) is 4.24. The van der Waals surface area contributed by atoms with E-state index < -0.39 is 0 Å². The van der Waals surface area contributed by atoms with Crippen molar-refractivity contribution in [2.24, 2.45) is 0 Å². The van der Waals surface area contributed by atoms with Gasteiger partial charge >= 0.3 is 0 Å². The fraction of sp³-hybridized carbons (Fsp3) is 1.00. The van der Waals surface area contributed by atoms with Gasteiger partial charge in [-0.1, -0.05) is 0 Å². The molecule has 1 aliphatic rings. The van der Waals surface area contributed by atoms with Crippen LogP contribution in [0.3, 0.4) is 0 Å². The van der Waals surface area contributed by atoms with Crippen LogP contribution in [0.2, 0.25) is 0 Å². The number of nitrogens with zero attached hydrogens (tertiary/aromatic N) is 2. The third-order valence-electron chi connectivity index (χ3n) is 3.06. The minimum absolute atomic E-state index is 0.712. The number of hydrogen-bond donors (Lipinski definition) is 0. The lowest BCUT2D eigenvalue weighted by Gasteiger charge is -2.24. The Morgan fingerprint density at radius 1 is 1.17 bits per heavy atom. The number of hydrogen-bond acceptors (Lipinski definition) is 2. The average Bonchev–Trinajstić information content (AvgIpc) is 2.16. The van der Waals surface area contributed by atoms with E-state index in [1.165, 1.54) is 26.1 Å². The van der Waals surface area contributed by atoms with Crippen molar-refractivity contribution in [3.63, 3.8) is 0 Å². The molecule has 1 atom stereocenters. The van der Waals surface area contributed by atoms with Crippen LogP contribution in [0.25, 0.3) is 0 Å². The molecule has 0 saturated carbocycles.